The number of nitrogens with one attached hydrogen (secondary N) is 1. The van der Waals surface area contributed by atoms with Gasteiger partial charge in [-0.25, -0.2) is 9.97 Å². The van der Waals surface area contributed by atoms with Gasteiger partial charge in [-0.3, -0.25) is 0 Å². The van der Waals surface area contributed by atoms with E-state index in [0.717, 1.165) is 37.0 Å². The molecule has 0 spiro atoms. The van der Waals surface area contributed by atoms with Gasteiger partial charge in [-0.15, -0.1) is 0 Å². The molecule has 108 valence electrons. The zero-order chi connectivity index (χ0) is 14.8. The molecule has 0 saturated heterocycles. The monoisotopic (exact) mass is 363 g/mol. The fourth-order valence-corrected chi connectivity index (χ4v) is 3.40. The van der Waals surface area contributed by atoms with E-state index in [1.807, 2.05) is 44.3 Å². The Kier molecular flexibility index (Phi) is 4.07. The minimum atomic E-state index is 0.662. The number of pyridine rings is 1. The molecule has 0 atom stereocenters. The molecule has 3 rings (SSSR count). The van der Waals surface area contributed by atoms with Crippen molar-refractivity contribution in [2.24, 2.45) is 0 Å². The summed E-state index contributed by atoms with van der Waals surface area (Å²) in [6.07, 6.45) is 1.83. The van der Waals surface area contributed by atoms with E-state index in [2.05, 4.69) is 31.2 Å². The van der Waals surface area contributed by atoms with Crippen LogP contribution in [0.5, 0.6) is 5.75 Å². The highest BCUT2D eigenvalue weighted by Gasteiger charge is 2.08. The van der Waals surface area contributed by atoms with Crippen molar-refractivity contribution in [3.8, 4) is 5.75 Å². The zero-order valence-corrected chi connectivity index (χ0v) is 14.1. The number of hydrogen-bond donors (Lipinski definition) is 1. The summed E-state index contributed by atoms with van der Waals surface area (Å²) in [5.74, 6) is 1.64. The minimum absolute atomic E-state index is 0.662. The predicted octanol–water partition coefficient (Wildman–Crippen LogP) is 4.90. The van der Waals surface area contributed by atoms with Gasteiger partial charge in [0.2, 0.25) is 0 Å². The SMILES string of the molecule is CCOc1ccc2nc(Nc3ncc(C)cc3Br)sc2c1. The van der Waals surface area contributed by atoms with Crippen LogP contribution in [0, 0.1) is 6.92 Å². The highest BCUT2D eigenvalue weighted by atomic mass is 79.9. The molecule has 0 aliphatic heterocycles. The molecule has 6 heteroatoms. The van der Waals surface area contributed by atoms with Crippen LogP contribution in [0.25, 0.3) is 10.2 Å². The Balaban J connectivity index is 1.90. The van der Waals surface area contributed by atoms with Crippen molar-refractivity contribution in [2.45, 2.75) is 13.8 Å². The maximum absolute atomic E-state index is 5.51. The van der Waals surface area contributed by atoms with Gasteiger partial charge in [0.1, 0.15) is 11.6 Å². The van der Waals surface area contributed by atoms with Crippen molar-refractivity contribution in [3.05, 3.63) is 40.5 Å². The van der Waals surface area contributed by atoms with Crippen molar-refractivity contribution in [3.63, 3.8) is 0 Å². The van der Waals surface area contributed by atoms with Crippen LogP contribution >= 0.6 is 27.3 Å². The quantitative estimate of drug-likeness (QED) is 0.715. The molecule has 3 aromatic rings. The van der Waals surface area contributed by atoms with Crippen molar-refractivity contribution < 1.29 is 4.74 Å². The Labute approximate surface area is 135 Å². The molecule has 0 unspecified atom stereocenters. The first kappa shape index (κ1) is 14.3. The number of nitrogens with zero attached hydrogens (tertiary/aromatic N) is 2. The third-order valence-corrected chi connectivity index (χ3v) is 4.41. The fraction of sp³-hybridized carbons (Fsp3) is 0.200. The number of anilines is 2. The van der Waals surface area contributed by atoms with Gasteiger partial charge >= 0.3 is 0 Å². The normalized spacial score (nSPS) is 10.8. The van der Waals surface area contributed by atoms with E-state index in [1.165, 1.54) is 0 Å². The van der Waals surface area contributed by atoms with Gasteiger partial charge in [-0.05, 0) is 59.6 Å². The van der Waals surface area contributed by atoms with Crippen LogP contribution in [0.3, 0.4) is 0 Å². The van der Waals surface area contributed by atoms with Crippen molar-refractivity contribution in [2.75, 3.05) is 11.9 Å². The predicted molar refractivity (Wildman–Crippen MR) is 90.7 cm³/mol. The van der Waals surface area contributed by atoms with Crippen molar-refractivity contribution in [1.29, 1.82) is 0 Å². The Morgan fingerprint density at radius 3 is 2.95 bits per heavy atom. The molecule has 1 aromatic carbocycles. The van der Waals surface area contributed by atoms with Crippen LogP contribution < -0.4 is 10.1 Å². The van der Waals surface area contributed by atoms with Crippen LogP contribution in [-0.4, -0.2) is 16.6 Å². The number of thiazole rings is 1. The molecule has 1 N–H and O–H groups in total. The Morgan fingerprint density at radius 1 is 1.33 bits per heavy atom. The second-order valence-corrected chi connectivity index (χ2v) is 6.43. The second-order valence-electron chi connectivity index (χ2n) is 4.55. The molecule has 4 nitrogen and oxygen atoms in total. The van der Waals surface area contributed by atoms with Gasteiger partial charge in [0, 0.05) is 6.20 Å². The van der Waals surface area contributed by atoms with E-state index in [0.29, 0.717) is 6.61 Å². The van der Waals surface area contributed by atoms with Crippen LogP contribution in [0.15, 0.2) is 34.9 Å². The molecule has 0 radical (unpaired) electrons. The first-order chi connectivity index (χ1) is 10.2. The molecule has 0 bridgehead atoms. The second kappa shape index (κ2) is 5.99. The molecule has 0 amide bonds. The Hall–Kier alpha value is -1.66. The minimum Gasteiger partial charge on any atom is -0.494 e. The number of halogens is 1. The first-order valence-electron chi connectivity index (χ1n) is 6.58. The molecule has 21 heavy (non-hydrogen) atoms. The van der Waals surface area contributed by atoms with E-state index >= 15 is 0 Å². The summed E-state index contributed by atoms with van der Waals surface area (Å²) in [6.45, 7) is 4.65. The summed E-state index contributed by atoms with van der Waals surface area (Å²) in [5.41, 5.74) is 2.06. The van der Waals surface area contributed by atoms with Gasteiger partial charge in [-0.1, -0.05) is 11.3 Å². The van der Waals surface area contributed by atoms with Gasteiger partial charge in [-0.2, -0.15) is 0 Å². The molecule has 0 fully saturated rings. The standard InChI is InChI=1S/C15H14BrN3OS/c1-3-20-10-4-5-12-13(7-10)21-15(18-12)19-14-11(16)6-9(2)8-17-14/h4-8H,3H2,1-2H3,(H,17,18,19). The Bertz CT molecular complexity index is 788. The fourth-order valence-electron chi connectivity index (χ4n) is 1.94. The lowest BCUT2D eigenvalue weighted by molar-refractivity contribution is 0.341. The summed E-state index contributed by atoms with van der Waals surface area (Å²) in [7, 11) is 0. The topological polar surface area (TPSA) is 47.0 Å². The van der Waals surface area contributed by atoms with Crippen LogP contribution in [0.4, 0.5) is 10.9 Å². The largest absolute Gasteiger partial charge is 0.494 e. The number of fused-ring (bicyclic) bond motifs is 1. The molecular weight excluding hydrogens is 350 g/mol. The smallest absolute Gasteiger partial charge is 0.189 e. The van der Waals surface area contributed by atoms with Crippen molar-refractivity contribution >= 4 is 48.4 Å². The average molecular weight is 364 g/mol. The summed E-state index contributed by atoms with van der Waals surface area (Å²) in [4.78, 5) is 8.94. The highest BCUT2D eigenvalue weighted by Crippen LogP contribution is 2.32. The molecule has 0 saturated carbocycles. The van der Waals surface area contributed by atoms with E-state index in [1.54, 1.807) is 11.3 Å². The maximum Gasteiger partial charge on any atom is 0.189 e. The number of hydrogen-bond acceptors (Lipinski definition) is 5. The molecular formula is C15H14BrN3OS. The van der Waals surface area contributed by atoms with Gasteiger partial charge < -0.3 is 10.1 Å². The summed E-state index contributed by atoms with van der Waals surface area (Å²) in [5, 5.41) is 4.06. The third-order valence-electron chi connectivity index (χ3n) is 2.87. The highest BCUT2D eigenvalue weighted by molar-refractivity contribution is 9.10. The number of aryl methyl sites for hydroxylation is 1. The number of rotatable bonds is 4. The summed E-state index contributed by atoms with van der Waals surface area (Å²) in [6, 6.07) is 7.95. The van der Waals surface area contributed by atoms with Crippen LogP contribution in [0.1, 0.15) is 12.5 Å². The molecule has 0 aliphatic rings. The number of aromatic nitrogens is 2. The lowest BCUT2D eigenvalue weighted by atomic mass is 10.3. The van der Waals surface area contributed by atoms with Crippen LogP contribution in [-0.2, 0) is 0 Å². The lowest BCUT2D eigenvalue weighted by Crippen LogP contribution is -1.94. The number of ether oxygens (including phenoxy) is 1. The van der Waals surface area contributed by atoms with E-state index in [9.17, 15) is 0 Å². The van der Waals surface area contributed by atoms with E-state index in [-0.39, 0.29) is 0 Å². The summed E-state index contributed by atoms with van der Waals surface area (Å²) < 4.78 is 7.53. The van der Waals surface area contributed by atoms with Crippen molar-refractivity contribution in [1.82, 2.24) is 9.97 Å². The van der Waals surface area contributed by atoms with E-state index in [4.69, 9.17) is 4.74 Å². The number of benzene rings is 1. The lowest BCUT2D eigenvalue weighted by Gasteiger charge is -2.04. The third kappa shape index (κ3) is 3.16. The van der Waals surface area contributed by atoms with Gasteiger partial charge in [0.05, 0.1) is 21.3 Å². The Morgan fingerprint density at radius 2 is 2.19 bits per heavy atom. The first-order valence-corrected chi connectivity index (χ1v) is 8.19. The van der Waals surface area contributed by atoms with E-state index < -0.39 is 0 Å². The zero-order valence-electron chi connectivity index (χ0n) is 11.7. The summed E-state index contributed by atoms with van der Waals surface area (Å²) >= 11 is 5.09. The van der Waals surface area contributed by atoms with Crippen LogP contribution in [0.2, 0.25) is 0 Å². The maximum atomic E-state index is 5.51. The van der Waals surface area contributed by atoms with Gasteiger partial charge in [0.25, 0.3) is 0 Å². The molecule has 0 aliphatic carbocycles. The molecule has 2 aromatic heterocycles. The average Bonchev–Trinajstić information content (AvgIpc) is 2.84. The molecule has 2 heterocycles. The van der Waals surface area contributed by atoms with Gasteiger partial charge in [0.15, 0.2) is 5.13 Å².